The number of halogens is 1. The number of rotatable bonds is 5. The summed E-state index contributed by atoms with van der Waals surface area (Å²) in [4.78, 5) is 9.16. The van der Waals surface area contributed by atoms with Gasteiger partial charge in [0, 0.05) is 23.2 Å². The topological polar surface area (TPSA) is 30.7 Å². The second-order valence-electron chi connectivity index (χ2n) is 6.91. The Bertz CT molecular complexity index is 1300. The van der Waals surface area contributed by atoms with Crippen molar-refractivity contribution in [2.24, 2.45) is 0 Å². The van der Waals surface area contributed by atoms with Crippen LogP contribution in [0, 0.1) is 5.82 Å². The molecule has 0 radical (unpaired) electrons. The van der Waals surface area contributed by atoms with Gasteiger partial charge in [-0.1, -0.05) is 66.7 Å². The molecular formula is C25H18FN3S. The Morgan fingerprint density at radius 3 is 2.37 bits per heavy atom. The van der Waals surface area contributed by atoms with Crippen molar-refractivity contribution in [3.63, 3.8) is 0 Å². The summed E-state index contributed by atoms with van der Waals surface area (Å²) in [6, 6.07) is 27.1. The van der Waals surface area contributed by atoms with Crippen molar-refractivity contribution < 1.29 is 4.39 Å². The van der Waals surface area contributed by atoms with Crippen LogP contribution in [0.5, 0.6) is 0 Å². The molecule has 5 heteroatoms. The normalized spacial score (nSPS) is 11.1. The van der Waals surface area contributed by atoms with Gasteiger partial charge in [0.25, 0.3) is 0 Å². The predicted octanol–water partition coefficient (Wildman–Crippen LogP) is 6.52. The highest BCUT2D eigenvalue weighted by molar-refractivity contribution is 7.98. The molecule has 5 rings (SSSR count). The van der Waals surface area contributed by atoms with E-state index in [9.17, 15) is 4.39 Å². The number of hydrogen-bond donors (Lipinski definition) is 0. The fraction of sp³-hybridized carbons (Fsp3) is 0.0400. The Morgan fingerprint density at radius 1 is 0.833 bits per heavy atom. The van der Waals surface area contributed by atoms with Crippen molar-refractivity contribution in [2.45, 2.75) is 10.8 Å². The minimum absolute atomic E-state index is 0.275. The molecule has 146 valence electrons. The van der Waals surface area contributed by atoms with Gasteiger partial charge in [0.15, 0.2) is 0 Å². The molecule has 0 N–H and O–H groups in total. The fourth-order valence-electron chi connectivity index (χ4n) is 3.53. The van der Waals surface area contributed by atoms with Gasteiger partial charge in [0.2, 0.25) is 0 Å². The van der Waals surface area contributed by atoms with Crippen LogP contribution in [-0.2, 0) is 5.75 Å². The van der Waals surface area contributed by atoms with Gasteiger partial charge in [0.05, 0.1) is 5.39 Å². The molecule has 0 aliphatic heterocycles. The van der Waals surface area contributed by atoms with E-state index in [2.05, 4.69) is 34.2 Å². The smallest absolute Gasteiger partial charge is 0.149 e. The maximum absolute atomic E-state index is 13.9. The Morgan fingerprint density at radius 2 is 1.60 bits per heavy atom. The third-order valence-electron chi connectivity index (χ3n) is 4.94. The van der Waals surface area contributed by atoms with Crippen LogP contribution in [0.1, 0.15) is 5.56 Å². The first-order chi connectivity index (χ1) is 14.8. The summed E-state index contributed by atoms with van der Waals surface area (Å²) in [5.74, 6) is 0.537. The van der Waals surface area contributed by atoms with Gasteiger partial charge in [-0.15, -0.1) is 11.8 Å². The van der Waals surface area contributed by atoms with Gasteiger partial charge in [0.1, 0.15) is 22.8 Å². The molecule has 2 aromatic heterocycles. The minimum Gasteiger partial charge on any atom is -0.300 e. The molecule has 5 aromatic rings. The molecule has 30 heavy (non-hydrogen) atoms. The third-order valence-corrected chi connectivity index (χ3v) is 6.00. The average molecular weight is 412 g/mol. The third kappa shape index (κ3) is 3.60. The van der Waals surface area contributed by atoms with E-state index in [1.807, 2.05) is 53.2 Å². The lowest BCUT2D eigenvalue weighted by Gasteiger charge is -2.06. The number of fused-ring (bicyclic) bond motifs is 1. The molecule has 0 aliphatic carbocycles. The van der Waals surface area contributed by atoms with Crippen molar-refractivity contribution in [2.75, 3.05) is 0 Å². The molecule has 0 unspecified atom stereocenters. The molecule has 3 aromatic carbocycles. The number of hydrogen-bond acceptors (Lipinski definition) is 3. The first-order valence-electron chi connectivity index (χ1n) is 9.64. The minimum atomic E-state index is -0.275. The van der Waals surface area contributed by atoms with Crippen molar-refractivity contribution in [1.82, 2.24) is 14.5 Å². The molecular weight excluding hydrogens is 393 g/mol. The van der Waals surface area contributed by atoms with Crippen LogP contribution in [0.25, 0.3) is 27.8 Å². The van der Waals surface area contributed by atoms with E-state index in [4.69, 9.17) is 0 Å². The zero-order valence-electron chi connectivity index (χ0n) is 16.1. The SMILES string of the molecule is Fc1cccc(-n2cc(-c3ccccc3)c3c(SCc4ccccc4)ncnc32)c1. The summed E-state index contributed by atoms with van der Waals surface area (Å²) in [6.45, 7) is 0. The van der Waals surface area contributed by atoms with Crippen LogP contribution in [0.4, 0.5) is 4.39 Å². The second-order valence-corrected chi connectivity index (χ2v) is 7.87. The average Bonchev–Trinajstić information content (AvgIpc) is 3.19. The molecule has 0 bridgehead atoms. The van der Waals surface area contributed by atoms with Gasteiger partial charge < -0.3 is 4.57 Å². The zero-order valence-corrected chi connectivity index (χ0v) is 16.9. The molecule has 0 atom stereocenters. The lowest BCUT2D eigenvalue weighted by molar-refractivity contribution is 0.627. The van der Waals surface area contributed by atoms with E-state index in [0.717, 1.165) is 38.6 Å². The highest BCUT2D eigenvalue weighted by atomic mass is 32.2. The quantitative estimate of drug-likeness (QED) is 0.244. The van der Waals surface area contributed by atoms with E-state index in [1.54, 1.807) is 24.2 Å². The van der Waals surface area contributed by atoms with E-state index in [1.165, 1.54) is 17.7 Å². The van der Waals surface area contributed by atoms with E-state index in [-0.39, 0.29) is 5.82 Å². The lowest BCUT2D eigenvalue weighted by atomic mass is 10.1. The largest absolute Gasteiger partial charge is 0.300 e. The van der Waals surface area contributed by atoms with Gasteiger partial charge in [-0.3, -0.25) is 0 Å². The summed E-state index contributed by atoms with van der Waals surface area (Å²) in [5, 5.41) is 1.90. The Hall–Kier alpha value is -3.44. The van der Waals surface area contributed by atoms with Gasteiger partial charge in [-0.2, -0.15) is 0 Å². The molecule has 0 saturated carbocycles. The first kappa shape index (κ1) is 18.6. The molecule has 0 aliphatic rings. The fourth-order valence-corrected chi connectivity index (χ4v) is 4.49. The lowest BCUT2D eigenvalue weighted by Crippen LogP contribution is -1.95. The highest BCUT2D eigenvalue weighted by Gasteiger charge is 2.17. The molecule has 0 fully saturated rings. The Kier molecular flexibility index (Phi) is 5.03. The monoisotopic (exact) mass is 411 g/mol. The standard InChI is InChI=1S/C25H18FN3S/c26-20-12-7-13-21(14-20)29-15-22(19-10-5-2-6-11-19)23-24(29)27-17-28-25(23)30-16-18-8-3-1-4-9-18/h1-15,17H,16H2. The van der Waals surface area contributed by atoms with Gasteiger partial charge in [-0.25, -0.2) is 14.4 Å². The van der Waals surface area contributed by atoms with Gasteiger partial charge >= 0.3 is 0 Å². The van der Waals surface area contributed by atoms with Crippen molar-refractivity contribution in [1.29, 1.82) is 0 Å². The van der Waals surface area contributed by atoms with Crippen LogP contribution in [0.2, 0.25) is 0 Å². The first-order valence-corrected chi connectivity index (χ1v) is 10.6. The maximum atomic E-state index is 13.9. The maximum Gasteiger partial charge on any atom is 0.149 e. The number of aromatic nitrogens is 3. The number of benzene rings is 3. The molecule has 2 heterocycles. The van der Waals surface area contributed by atoms with E-state index in [0.29, 0.717) is 0 Å². The van der Waals surface area contributed by atoms with E-state index >= 15 is 0 Å². The van der Waals surface area contributed by atoms with Crippen LogP contribution >= 0.6 is 11.8 Å². The Labute approximate surface area is 178 Å². The highest BCUT2D eigenvalue weighted by Crippen LogP contribution is 2.37. The van der Waals surface area contributed by atoms with E-state index < -0.39 is 0 Å². The zero-order chi connectivity index (χ0) is 20.3. The van der Waals surface area contributed by atoms with Crippen molar-refractivity contribution in [3.05, 3.63) is 109 Å². The van der Waals surface area contributed by atoms with Crippen LogP contribution in [0.15, 0.2) is 102 Å². The second kappa shape index (κ2) is 8.13. The number of nitrogens with zero attached hydrogens (tertiary/aromatic N) is 3. The summed E-state index contributed by atoms with van der Waals surface area (Å²) < 4.78 is 15.9. The summed E-state index contributed by atoms with van der Waals surface area (Å²) >= 11 is 1.68. The van der Waals surface area contributed by atoms with Gasteiger partial charge in [-0.05, 0) is 29.3 Å². The Balaban J connectivity index is 1.68. The van der Waals surface area contributed by atoms with Crippen molar-refractivity contribution in [3.8, 4) is 16.8 Å². The number of thioether (sulfide) groups is 1. The molecule has 0 spiro atoms. The van der Waals surface area contributed by atoms with Crippen LogP contribution < -0.4 is 0 Å². The predicted molar refractivity (Wildman–Crippen MR) is 120 cm³/mol. The molecule has 0 saturated heterocycles. The summed E-state index contributed by atoms with van der Waals surface area (Å²) in [7, 11) is 0. The van der Waals surface area contributed by atoms with Crippen molar-refractivity contribution >= 4 is 22.8 Å². The van der Waals surface area contributed by atoms with Crippen LogP contribution in [-0.4, -0.2) is 14.5 Å². The summed E-state index contributed by atoms with van der Waals surface area (Å²) in [5.41, 5.74) is 4.85. The summed E-state index contributed by atoms with van der Waals surface area (Å²) in [6.07, 6.45) is 3.61. The molecule has 3 nitrogen and oxygen atoms in total. The molecule has 0 amide bonds. The van der Waals surface area contributed by atoms with Crippen LogP contribution in [0.3, 0.4) is 0 Å².